The van der Waals surface area contributed by atoms with Crippen molar-refractivity contribution in [3.05, 3.63) is 40.8 Å². The fourth-order valence-electron chi connectivity index (χ4n) is 3.93. The van der Waals surface area contributed by atoms with Crippen LogP contribution in [-0.2, 0) is 16.1 Å². The predicted molar refractivity (Wildman–Crippen MR) is 105 cm³/mol. The highest BCUT2D eigenvalue weighted by Gasteiger charge is 2.25. The van der Waals surface area contributed by atoms with E-state index in [1.807, 2.05) is 23.1 Å². The molecule has 4 rings (SSSR count). The Morgan fingerprint density at radius 1 is 0.857 bits per heavy atom. The molecule has 28 heavy (non-hydrogen) atoms. The standard InChI is InChI=1S/C20H25N5O3/c26-18-13-21-16-5-1-2-6-17(16)25(18)15-20(28)24-11-9-22(10-12-24)14-19(27)23-7-3-4-8-23/h1-2,5-6,13H,3-4,7-12,14-15H2. The first kappa shape index (κ1) is 18.6. The molecule has 0 saturated carbocycles. The van der Waals surface area contributed by atoms with Gasteiger partial charge in [-0.3, -0.25) is 23.9 Å². The number of hydrogen-bond donors (Lipinski definition) is 0. The minimum absolute atomic E-state index is 0.00851. The number of aromatic nitrogens is 2. The molecule has 2 amide bonds. The van der Waals surface area contributed by atoms with E-state index < -0.39 is 0 Å². The second-order valence-electron chi connectivity index (χ2n) is 7.42. The van der Waals surface area contributed by atoms with Crippen molar-refractivity contribution in [2.24, 2.45) is 0 Å². The fourth-order valence-corrected chi connectivity index (χ4v) is 3.93. The summed E-state index contributed by atoms with van der Waals surface area (Å²) in [5, 5.41) is 0. The van der Waals surface area contributed by atoms with E-state index in [0.717, 1.165) is 25.9 Å². The Bertz CT molecular complexity index is 927. The molecule has 0 radical (unpaired) electrons. The lowest BCUT2D eigenvalue weighted by Crippen LogP contribution is -2.52. The van der Waals surface area contributed by atoms with E-state index in [9.17, 15) is 14.4 Å². The number of hydrogen-bond acceptors (Lipinski definition) is 5. The molecule has 1 aromatic carbocycles. The fraction of sp³-hybridized carbons (Fsp3) is 0.500. The molecule has 3 heterocycles. The van der Waals surface area contributed by atoms with E-state index in [0.29, 0.717) is 43.8 Å². The first-order chi connectivity index (χ1) is 13.6. The van der Waals surface area contributed by atoms with E-state index in [2.05, 4.69) is 9.88 Å². The number of fused-ring (bicyclic) bond motifs is 1. The highest BCUT2D eigenvalue weighted by molar-refractivity contribution is 5.80. The third-order valence-corrected chi connectivity index (χ3v) is 5.59. The number of nitrogens with zero attached hydrogens (tertiary/aromatic N) is 5. The van der Waals surface area contributed by atoms with Crippen molar-refractivity contribution in [2.75, 3.05) is 45.8 Å². The highest BCUT2D eigenvalue weighted by atomic mass is 16.2. The van der Waals surface area contributed by atoms with Gasteiger partial charge in [-0.1, -0.05) is 12.1 Å². The van der Waals surface area contributed by atoms with Gasteiger partial charge in [-0.05, 0) is 25.0 Å². The molecule has 2 aliphatic rings. The van der Waals surface area contributed by atoms with E-state index >= 15 is 0 Å². The zero-order valence-corrected chi connectivity index (χ0v) is 15.9. The van der Waals surface area contributed by atoms with Crippen LogP contribution in [0.1, 0.15) is 12.8 Å². The van der Waals surface area contributed by atoms with Gasteiger partial charge in [0, 0.05) is 39.3 Å². The van der Waals surface area contributed by atoms with E-state index in [4.69, 9.17) is 0 Å². The molecule has 2 saturated heterocycles. The third kappa shape index (κ3) is 3.91. The smallest absolute Gasteiger partial charge is 0.269 e. The third-order valence-electron chi connectivity index (χ3n) is 5.59. The number of amides is 2. The minimum atomic E-state index is -0.276. The van der Waals surface area contributed by atoms with Crippen LogP contribution in [0.15, 0.2) is 35.3 Å². The summed E-state index contributed by atoms with van der Waals surface area (Å²) >= 11 is 0. The van der Waals surface area contributed by atoms with Crippen LogP contribution in [0.25, 0.3) is 11.0 Å². The van der Waals surface area contributed by atoms with E-state index in [1.54, 1.807) is 11.0 Å². The molecular formula is C20H25N5O3. The molecule has 0 unspecified atom stereocenters. The van der Waals surface area contributed by atoms with Crippen molar-refractivity contribution in [1.82, 2.24) is 24.3 Å². The van der Waals surface area contributed by atoms with E-state index in [-0.39, 0.29) is 23.9 Å². The maximum Gasteiger partial charge on any atom is 0.269 e. The van der Waals surface area contributed by atoms with Gasteiger partial charge in [0.25, 0.3) is 5.56 Å². The van der Waals surface area contributed by atoms with Crippen molar-refractivity contribution in [3.63, 3.8) is 0 Å². The maximum absolute atomic E-state index is 12.8. The Kier molecular flexibility index (Phi) is 5.38. The average Bonchev–Trinajstić information content (AvgIpc) is 3.26. The second kappa shape index (κ2) is 8.10. The summed E-state index contributed by atoms with van der Waals surface area (Å²) in [7, 11) is 0. The quantitative estimate of drug-likeness (QED) is 0.752. The van der Waals surface area contributed by atoms with Crippen LogP contribution < -0.4 is 5.56 Å². The number of carbonyl (C=O) groups excluding carboxylic acids is 2. The van der Waals surface area contributed by atoms with Crippen molar-refractivity contribution in [2.45, 2.75) is 19.4 Å². The van der Waals surface area contributed by atoms with Crippen LogP contribution in [0, 0.1) is 0 Å². The Morgan fingerprint density at radius 2 is 1.50 bits per heavy atom. The monoisotopic (exact) mass is 383 g/mol. The number of benzene rings is 1. The molecule has 0 bridgehead atoms. The van der Waals surface area contributed by atoms with Crippen molar-refractivity contribution < 1.29 is 9.59 Å². The zero-order chi connectivity index (χ0) is 19.5. The van der Waals surface area contributed by atoms with Gasteiger partial charge in [-0.15, -0.1) is 0 Å². The SMILES string of the molecule is O=C(CN1CCN(C(=O)Cn2c(=O)cnc3ccccc32)CC1)N1CCCC1. The Labute approximate surface area is 163 Å². The number of para-hydroxylation sites is 2. The van der Waals surface area contributed by atoms with Crippen LogP contribution in [0.5, 0.6) is 0 Å². The lowest BCUT2D eigenvalue weighted by molar-refractivity contribution is -0.135. The minimum Gasteiger partial charge on any atom is -0.342 e. The second-order valence-corrected chi connectivity index (χ2v) is 7.42. The molecule has 8 heteroatoms. The van der Waals surface area contributed by atoms with Gasteiger partial charge in [0.1, 0.15) is 6.54 Å². The predicted octanol–water partition coefficient (Wildman–Crippen LogP) is 0.163. The molecule has 148 valence electrons. The lowest BCUT2D eigenvalue weighted by Gasteiger charge is -2.35. The Morgan fingerprint density at radius 3 is 2.25 bits per heavy atom. The molecule has 1 aromatic heterocycles. The number of piperazine rings is 1. The zero-order valence-electron chi connectivity index (χ0n) is 15.9. The van der Waals surface area contributed by atoms with Crippen LogP contribution >= 0.6 is 0 Å². The summed E-state index contributed by atoms with van der Waals surface area (Å²) in [5.41, 5.74) is 1.08. The number of rotatable bonds is 4. The molecule has 2 aromatic rings. The number of likely N-dealkylation sites (tertiary alicyclic amines) is 1. The van der Waals surface area contributed by atoms with Crippen LogP contribution in [0.4, 0.5) is 0 Å². The van der Waals surface area contributed by atoms with Gasteiger partial charge in [0.05, 0.1) is 23.8 Å². The van der Waals surface area contributed by atoms with Crippen molar-refractivity contribution >= 4 is 22.8 Å². The summed E-state index contributed by atoms with van der Waals surface area (Å²) in [4.78, 5) is 47.2. The van der Waals surface area contributed by atoms with Gasteiger partial charge >= 0.3 is 0 Å². The molecule has 0 aliphatic carbocycles. The largest absolute Gasteiger partial charge is 0.342 e. The Hall–Kier alpha value is -2.74. The summed E-state index contributed by atoms with van der Waals surface area (Å²) in [6.07, 6.45) is 3.45. The van der Waals surface area contributed by atoms with Crippen LogP contribution in [0.3, 0.4) is 0 Å². The van der Waals surface area contributed by atoms with Crippen LogP contribution in [-0.4, -0.2) is 81.9 Å². The van der Waals surface area contributed by atoms with Gasteiger partial charge in [-0.2, -0.15) is 0 Å². The molecule has 2 aliphatic heterocycles. The summed E-state index contributed by atoms with van der Waals surface area (Å²) in [6.45, 7) is 4.67. The normalized spacial score (nSPS) is 18.0. The van der Waals surface area contributed by atoms with Gasteiger partial charge in [0.15, 0.2) is 0 Å². The van der Waals surface area contributed by atoms with Gasteiger partial charge in [-0.25, -0.2) is 4.98 Å². The average molecular weight is 383 g/mol. The first-order valence-electron chi connectivity index (χ1n) is 9.84. The van der Waals surface area contributed by atoms with Gasteiger partial charge < -0.3 is 9.80 Å². The van der Waals surface area contributed by atoms with Crippen molar-refractivity contribution in [1.29, 1.82) is 0 Å². The highest BCUT2D eigenvalue weighted by Crippen LogP contribution is 2.11. The topological polar surface area (TPSA) is 78.8 Å². The summed E-state index contributed by atoms with van der Waals surface area (Å²) < 4.78 is 1.48. The molecule has 0 spiro atoms. The Balaban J connectivity index is 1.35. The van der Waals surface area contributed by atoms with Gasteiger partial charge in [0.2, 0.25) is 11.8 Å². The molecular weight excluding hydrogens is 358 g/mol. The summed E-state index contributed by atoms with van der Waals surface area (Å²) in [5.74, 6) is 0.107. The first-order valence-corrected chi connectivity index (χ1v) is 9.84. The molecule has 2 fully saturated rings. The molecule has 0 N–H and O–H groups in total. The number of carbonyl (C=O) groups is 2. The van der Waals surface area contributed by atoms with E-state index in [1.165, 1.54) is 10.8 Å². The summed E-state index contributed by atoms with van der Waals surface area (Å²) in [6, 6.07) is 7.32. The molecule has 8 nitrogen and oxygen atoms in total. The van der Waals surface area contributed by atoms with Crippen LogP contribution in [0.2, 0.25) is 0 Å². The maximum atomic E-state index is 12.8. The lowest BCUT2D eigenvalue weighted by atomic mass is 10.2. The molecule has 0 atom stereocenters. The van der Waals surface area contributed by atoms with Crippen molar-refractivity contribution in [3.8, 4) is 0 Å².